The molecular formula is C7H13N5O. The number of nitrogens with two attached hydrogens (primary N) is 1. The molecule has 6 heteroatoms. The Labute approximate surface area is 76.5 Å². The van der Waals surface area contributed by atoms with E-state index in [9.17, 15) is 0 Å². The Hall–Kier alpha value is -1.40. The van der Waals surface area contributed by atoms with E-state index in [0.29, 0.717) is 25.0 Å². The van der Waals surface area contributed by atoms with Gasteiger partial charge in [-0.2, -0.15) is 0 Å². The van der Waals surface area contributed by atoms with E-state index in [1.165, 1.54) is 6.34 Å². The Morgan fingerprint density at radius 1 is 1.77 bits per heavy atom. The Morgan fingerprint density at radius 3 is 3.31 bits per heavy atom. The zero-order valence-electron chi connectivity index (χ0n) is 7.45. The molecule has 13 heavy (non-hydrogen) atoms. The lowest BCUT2D eigenvalue weighted by molar-refractivity contribution is 0.177. The zero-order valence-corrected chi connectivity index (χ0v) is 7.45. The summed E-state index contributed by atoms with van der Waals surface area (Å²) in [7, 11) is 0. The minimum atomic E-state index is 0.470. The number of rotatable bonds is 3. The Morgan fingerprint density at radius 2 is 2.62 bits per heavy atom. The summed E-state index contributed by atoms with van der Waals surface area (Å²) in [6, 6.07) is 0. The Kier molecular flexibility index (Phi) is 3.94. The molecule has 0 aromatic rings. The van der Waals surface area contributed by atoms with Crippen molar-refractivity contribution in [3.8, 4) is 0 Å². The van der Waals surface area contributed by atoms with Crippen molar-refractivity contribution in [1.29, 1.82) is 0 Å². The van der Waals surface area contributed by atoms with Gasteiger partial charge in [-0.25, -0.2) is 15.8 Å². The maximum atomic E-state index is 5.16. The van der Waals surface area contributed by atoms with Crippen molar-refractivity contribution in [3.63, 3.8) is 0 Å². The highest BCUT2D eigenvalue weighted by Gasteiger charge is 2.01. The van der Waals surface area contributed by atoms with Crippen molar-refractivity contribution in [2.75, 3.05) is 13.2 Å². The molecule has 0 fully saturated rings. The van der Waals surface area contributed by atoms with Crippen LogP contribution in [0.25, 0.3) is 0 Å². The van der Waals surface area contributed by atoms with Gasteiger partial charge in [-0.05, 0) is 13.0 Å². The summed E-state index contributed by atoms with van der Waals surface area (Å²) >= 11 is 0. The molecule has 6 nitrogen and oxygen atoms in total. The molecule has 0 aromatic carbocycles. The molecule has 0 spiro atoms. The molecule has 0 saturated heterocycles. The number of ether oxygens (including phenoxy) is 1. The maximum Gasteiger partial charge on any atom is 0.217 e. The number of nitrogens with one attached hydrogen (secondary N) is 2. The van der Waals surface area contributed by atoms with Gasteiger partial charge in [-0.15, -0.1) is 0 Å². The monoisotopic (exact) mass is 183 g/mol. The molecule has 0 atom stereocenters. The smallest absolute Gasteiger partial charge is 0.217 e. The van der Waals surface area contributed by atoms with Crippen LogP contribution in [0.15, 0.2) is 21.9 Å². The fourth-order valence-corrected chi connectivity index (χ4v) is 0.767. The summed E-state index contributed by atoms with van der Waals surface area (Å²) in [6.07, 6.45) is 3.23. The molecule has 1 aliphatic rings. The summed E-state index contributed by atoms with van der Waals surface area (Å²) in [5.74, 6) is 6.30. The number of hydrogen-bond acceptors (Lipinski definition) is 6. The molecule has 72 valence electrons. The molecule has 0 radical (unpaired) electrons. The van der Waals surface area contributed by atoms with E-state index in [2.05, 4.69) is 20.7 Å². The first-order valence-corrected chi connectivity index (χ1v) is 3.98. The van der Waals surface area contributed by atoms with Crippen LogP contribution in [-0.2, 0) is 4.74 Å². The second-order valence-electron chi connectivity index (χ2n) is 2.24. The van der Waals surface area contributed by atoms with Crippen molar-refractivity contribution in [2.45, 2.75) is 6.92 Å². The van der Waals surface area contributed by atoms with Crippen LogP contribution in [-0.4, -0.2) is 25.5 Å². The highest BCUT2D eigenvalue weighted by molar-refractivity contribution is 5.89. The Bertz CT molecular complexity index is 245. The van der Waals surface area contributed by atoms with Gasteiger partial charge in [0.25, 0.3) is 0 Å². The first-order chi connectivity index (χ1) is 6.36. The van der Waals surface area contributed by atoms with Gasteiger partial charge in [0.2, 0.25) is 5.96 Å². The predicted octanol–water partition coefficient (Wildman–Crippen LogP) is -0.685. The van der Waals surface area contributed by atoms with Crippen molar-refractivity contribution in [1.82, 2.24) is 10.7 Å². The van der Waals surface area contributed by atoms with Crippen molar-refractivity contribution in [3.05, 3.63) is 11.9 Å². The van der Waals surface area contributed by atoms with E-state index in [-0.39, 0.29) is 0 Å². The first kappa shape index (κ1) is 9.69. The predicted molar refractivity (Wildman–Crippen MR) is 51.0 cm³/mol. The molecule has 0 aliphatic carbocycles. The normalized spacial score (nSPS) is 18.3. The minimum absolute atomic E-state index is 0.470. The molecule has 0 aromatic heterocycles. The number of aliphatic imine (C=N–C) groups is 2. The van der Waals surface area contributed by atoms with Crippen LogP contribution < -0.4 is 16.6 Å². The second kappa shape index (κ2) is 5.28. The topological polar surface area (TPSA) is 84.0 Å². The summed E-state index contributed by atoms with van der Waals surface area (Å²) in [6.45, 7) is 3.14. The minimum Gasteiger partial charge on any atom is -0.378 e. The van der Waals surface area contributed by atoms with Crippen LogP contribution in [0, 0.1) is 0 Å². The molecular weight excluding hydrogens is 170 g/mol. The number of nitrogens with zero attached hydrogens (tertiary/aromatic N) is 2. The van der Waals surface area contributed by atoms with Crippen LogP contribution >= 0.6 is 0 Å². The lowest BCUT2D eigenvalue weighted by Crippen LogP contribution is -2.42. The molecule has 1 heterocycles. The van der Waals surface area contributed by atoms with E-state index in [4.69, 9.17) is 10.6 Å². The molecule has 0 unspecified atom stereocenters. The van der Waals surface area contributed by atoms with Gasteiger partial charge in [0.05, 0.1) is 6.61 Å². The molecule has 0 saturated carbocycles. The van der Waals surface area contributed by atoms with E-state index < -0.39 is 0 Å². The molecule has 1 rings (SSSR count). The van der Waals surface area contributed by atoms with Gasteiger partial charge in [-0.1, -0.05) is 0 Å². The van der Waals surface area contributed by atoms with Crippen LogP contribution in [0.3, 0.4) is 0 Å². The van der Waals surface area contributed by atoms with E-state index in [0.717, 1.165) is 0 Å². The van der Waals surface area contributed by atoms with Gasteiger partial charge >= 0.3 is 0 Å². The maximum absolute atomic E-state index is 5.16. The Balaban J connectivity index is 2.42. The fourth-order valence-electron chi connectivity index (χ4n) is 0.767. The zero-order chi connectivity index (χ0) is 9.52. The van der Waals surface area contributed by atoms with E-state index in [1.54, 1.807) is 0 Å². The molecule has 1 aliphatic heterocycles. The van der Waals surface area contributed by atoms with E-state index in [1.807, 2.05) is 13.0 Å². The second-order valence-corrected chi connectivity index (χ2v) is 2.24. The highest BCUT2D eigenvalue weighted by atomic mass is 16.5. The first-order valence-electron chi connectivity index (χ1n) is 3.98. The molecule has 4 N–H and O–H groups in total. The quantitative estimate of drug-likeness (QED) is 0.307. The number of hydrazine groups is 1. The van der Waals surface area contributed by atoms with Crippen LogP contribution in [0.4, 0.5) is 0 Å². The third-order valence-corrected chi connectivity index (χ3v) is 1.37. The van der Waals surface area contributed by atoms with Gasteiger partial charge in [0.15, 0.2) is 0 Å². The highest BCUT2D eigenvalue weighted by Crippen LogP contribution is 1.94. The van der Waals surface area contributed by atoms with Crippen LogP contribution in [0.5, 0.6) is 0 Å². The van der Waals surface area contributed by atoms with Crippen LogP contribution in [0.2, 0.25) is 0 Å². The fraction of sp³-hybridized carbons (Fsp3) is 0.429. The van der Waals surface area contributed by atoms with Crippen molar-refractivity contribution in [2.24, 2.45) is 15.8 Å². The summed E-state index contributed by atoms with van der Waals surface area (Å²) in [4.78, 5) is 7.78. The largest absolute Gasteiger partial charge is 0.378 e. The summed E-state index contributed by atoms with van der Waals surface area (Å²) < 4.78 is 5.12. The lowest BCUT2D eigenvalue weighted by Gasteiger charge is -2.11. The standard InChI is InChI=1S/C7H13N5O/c1-2-13-4-3-6-9-5-10-7(11-6)12-8/h3,5H,2,4,8H2,1H3,(H2,9,10,11,12). The lowest BCUT2D eigenvalue weighted by atomic mass is 10.5. The number of guanidine groups is 1. The van der Waals surface area contributed by atoms with Gasteiger partial charge in [0, 0.05) is 6.61 Å². The summed E-state index contributed by atoms with van der Waals surface area (Å²) in [5, 5.41) is 2.86. The van der Waals surface area contributed by atoms with Gasteiger partial charge in [-0.3, -0.25) is 5.43 Å². The average Bonchev–Trinajstić information content (AvgIpc) is 2.19. The third kappa shape index (κ3) is 3.22. The summed E-state index contributed by atoms with van der Waals surface area (Å²) in [5.41, 5.74) is 2.39. The van der Waals surface area contributed by atoms with Gasteiger partial charge < -0.3 is 10.1 Å². The average molecular weight is 183 g/mol. The van der Waals surface area contributed by atoms with Crippen molar-refractivity contribution >= 4 is 12.3 Å². The SMILES string of the molecule is CCOCC=C1N=CN=C(NN)N1. The molecule has 0 amide bonds. The van der Waals surface area contributed by atoms with Crippen LogP contribution in [0.1, 0.15) is 6.92 Å². The van der Waals surface area contributed by atoms with Gasteiger partial charge in [0.1, 0.15) is 12.2 Å². The third-order valence-electron chi connectivity index (χ3n) is 1.37. The molecule has 0 bridgehead atoms. The van der Waals surface area contributed by atoms with Crippen molar-refractivity contribution < 1.29 is 4.74 Å². The number of hydrogen-bond donors (Lipinski definition) is 3. The van der Waals surface area contributed by atoms with E-state index >= 15 is 0 Å².